The first-order chi connectivity index (χ1) is 15.7. The number of carbonyl (C=O) groups is 1. The van der Waals surface area contributed by atoms with Crippen LogP contribution in [0.1, 0.15) is 41.7 Å². The van der Waals surface area contributed by atoms with E-state index in [-0.39, 0.29) is 24.3 Å². The Morgan fingerprint density at radius 3 is 2.36 bits per heavy atom. The average molecular weight is 453 g/mol. The molecule has 0 atom stereocenters. The summed E-state index contributed by atoms with van der Waals surface area (Å²) in [6.07, 6.45) is 1.10. The molecule has 0 heterocycles. The van der Waals surface area contributed by atoms with E-state index < -0.39 is 5.97 Å². The van der Waals surface area contributed by atoms with Crippen molar-refractivity contribution in [1.82, 2.24) is 0 Å². The van der Waals surface area contributed by atoms with Crippen molar-refractivity contribution in [2.45, 2.75) is 53.6 Å². The van der Waals surface area contributed by atoms with Gasteiger partial charge in [-0.25, -0.2) is 13.6 Å². The normalized spacial score (nSPS) is 11.0. The second-order valence-corrected chi connectivity index (χ2v) is 8.56. The molecular formula is C28H30F2O3. The maximum atomic E-state index is 14.7. The molecule has 0 aromatic heterocycles. The van der Waals surface area contributed by atoms with E-state index in [2.05, 4.69) is 0 Å². The first-order valence-corrected chi connectivity index (χ1v) is 11.1. The summed E-state index contributed by atoms with van der Waals surface area (Å²) in [5.74, 6) is -0.434. The van der Waals surface area contributed by atoms with Crippen molar-refractivity contribution in [2.75, 3.05) is 6.61 Å². The van der Waals surface area contributed by atoms with Crippen molar-refractivity contribution < 1.29 is 23.0 Å². The van der Waals surface area contributed by atoms with Crippen molar-refractivity contribution in [3.63, 3.8) is 0 Å². The minimum Gasteiger partial charge on any atom is -0.482 e. The van der Waals surface area contributed by atoms with Gasteiger partial charge in [0, 0.05) is 0 Å². The van der Waals surface area contributed by atoms with E-state index in [1.165, 1.54) is 18.2 Å². The summed E-state index contributed by atoms with van der Waals surface area (Å²) in [6.45, 7) is 9.18. The van der Waals surface area contributed by atoms with Crippen LogP contribution in [0.15, 0.2) is 48.5 Å². The van der Waals surface area contributed by atoms with Gasteiger partial charge in [-0.2, -0.15) is 0 Å². The van der Waals surface area contributed by atoms with Gasteiger partial charge in [-0.05, 0) is 111 Å². The third-order valence-corrected chi connectivity index (χ3v) is 5.75. The standard InChI is InChI=1S/C28H30F2O3/c1-17(2)33-28(31)16-32-27-12-9-18(3)25(20(27)5)11-10-21-13-23(15-26(30)19(21)4)22-7-6-8-24(29)14-22/h6-9,12-15,17H,10-11,16H2,1-5H3. The van der Waals surface area contributed by atoms with Crippen LogP contribution in [0.25, 0.3) is 11.1 Å². The quantitative estimate of drug-likeness (QED) is 0.358. The molecule has 0 saturated carbocycles. The molecule has 0 spiro atoms. The molecule has 0 aliphatic heterocycles. The molecule has 0 fully saturated rings. The third-order valence-electron chi connectivity index (χ3n) is 5.75. The Morgan fingerprint density at radius 1 is 0.909 bits per heavy atom. The van der Waals surface area contributed by atoms with E-state index in [0.717, 1.165) is 22.3 Å². The van der Waals surface area contributed by atoms with Crippen LogP contribution in [0.4, 0.5) is 8.78 Å². The summed E-state index contributed by atoms with van der Waals surface area (Å²) in [4.78, 5) is 11.8. The maximum Gasteiger partial charge on any atom is 0.344 e. The monoisotopic (exact) mass is 452 g/mol. The number of hydrogen-bond acceptors (Lipinski definition) is 3. The highest BCUT2D eigenvalue weighted by atomic mass is 19.1. The number of carbonyl (C=O) groups excluding carboxylic acids is 1. The lowest BCUT2D eigenvalue weighted by atomic mass is 9.92. The van der Waals surface area contributed by atoms with Crippen LogP contribution in [0, 0.1) is 32.4 Å². The smallest absolute Gasteiger partial charge is 0.344 e. The molecular weight excluding hydrogens is 422 g/mol. The van der Waals surface area contributed by atoms with E-state index in [9.17, 15) is 13.6 Å². The van der Waals surface area contributed by atoms with E-state index in [4.69, 9.17) is 9.47 Å². The Kier molecular flexibility index (Phi) is 7.85. The molecule has 3 nitrogen and oxygen atoms in total. The summed E-state index contributed by atoms with van der Waals surface area (Å²) in [7, 11) is 0. The Morgan fingerprint density at radius 2 is 1.67 bits per heavy atom. The van der Waals surface area contributed by atoms with Gasteiger partial charge >= 0.3 is 5.97 Å². The number of hydrogen-bond donors (Lipinski definition) is 0. The average Bonchev–Trinajstić information content (AvgIpc) is 2.75. The second-order valence-electron chi connectivity index (χ2n) is 8.56. The molecule has 3 aromatic carbocycles. The highest BCUT2D eigenvalue weighted by molar-refractivity contribution is 5.71. The van der Waals surface area contributed by atoms with E-state index in [1.807, 2.05) is 32.0 Å². The summed E-state index contributed by atoms with van der Waals surface area (Å²) in [5.41, 5.74) is 5.92. The number of benzene rings is 3. The molecule has 0 amide bonds. The van der Waals surface area contributed by atoms with E-state index >= 15 is 0 Å². The number of ether oxygens (including phenoxy) is 2. The van der Waals surface area contributed by atoms with Crippen LogP contribution >= 0.6 is 0 Å². The van der Waals surface area contributed by atoms with Gasteiger partial charge in [-0.3, -0.25) is 0 Å². The lowest BCUT2D eigenvalue weighted by molar-refractivity contribution is -0.149. The van der Waals surface area contributed by atoms with Crippen molar-refractivity contribution >= 4 is 5.97 Å². The molecule has 174 valence electrons. The Bertz CT molecular complexity index is 1150. The Hall–Kier alpha value is -3.21. The second kappa shape index (κ2) is 10.6. The highest BCUT2D eigenvalue weighted by Crippen LogP contribution is 2.29. The molecule has 3 aromatic rings. The minimum absolute atomic E-state index is 0.151. The molecule has 3 rings (SSSR count). The van der Waals surface area contributed by atoms with Crippen molar-refractivity contribution in [1.29, 1.82) is 0 Å². The summed E-state index contributed by atoms with van der Waals surface area (Å²) in [5, 5.41) is 0. The lowest BCUT2D eigenvalue weighted by Crippen LogP contribution is -2.19. The lowest BCUT2D eigenvalue weighted by Gasteiger charge is -2.17. The number of aryl methyl sites for hydroxylation is 2. The van der Waals surface area contributed by atoms with Crippen LogP contribution in [0.2, 0.25) is 0 Å². The number of halogens is 2. The van der Waals surface area contributed by atoms with Gasteiger partial charge in [0.25, 0.3) is 0 Å². The van der Waals surface area contributed by atoms with Crippen LogP contribution in [0.3, 0.4) is 0 Å². The zero-order chi connectivity index (χ0) is 24.1. The first-order valence-electron chi connectivity index (χ1n) is 11.1. The largest absolute Gasteiger partial charge is 0.482 e. The predicted molar refractivity (Wildman–Crippen MR) is 127 cm³/mol. The van der Waals surface area contributed by atoms with Gasteiger partial charge in [-0.1, -0.05) is 24.3 Å². The van der Waals surface area contributed by atoms with Gasteiger partial charge in [0.05, 0.1) is 6.10 Å². The van der Waals surface area contributed by atoms with E-state index in [1.54, 1.807) is 32.9 Å². The van der Waals surface area contributed by atoms with Crippen molar-refractivity contribution in [2.24, 2.45) is 0 Å². The van der Waals surface area contributed by atoms with Gasteiger partial charge in [0.2, 0.25) is 0 Å². The van der Waals surface area contributed by atoms with Gasteiger partial charge in [-0.15, -0.1) is 0 Å². The van der Waals surface area contributed by atoms with Crippen molar-refractivity contribution in [3.05, 3.63) is 88.0 Å². The SMILES string of the molecule is Cc1ccc(OCC(=O)OC(C)C)c(C)c1CCc1cc(-c2cccc(F)c2)cc(F)c1C. The number of esters is 1. The number of rotatable bonds is 8. The molecule has 0 radical (unpaired) electrons. The minimum atomic E-state index is -0.410. The van der Waals surface area contributed by atoms with Gasteiger partial charge < -0.3 is 9.47 Å². The fourth-order valence-electron chi connectivity index (χ4n) is 3.94. The molecule has 0 saturated heterocycles. The molecule has 5 heteroatoms. The molecule has 0 aliphatic rings. The maximum absolute atomic E-state index is 14.7. The van der Waals surface area contributed by atoms with Crippen LogP contribution in [0.5, 0.6) is 5.75 Å². The molecule has 33 heavy (non-hydrogen) atoms. The first kappa shape index (κ1) is 24.4. The van der Waals surface area contributed by atoms with E-state index in [0.29, 0.717) is 35.3 Å². The third kappa shape index (κ3) is 6.19. The predicted octanol–water partition coefficient (Wildman–Crippen LogP) is 6.67. The highest BCUT2D eigenvalue weighted by Gasteiger charge is 2.14. The summed E-state index contributed by atoms with van der Waals surface area (Å²) in [6, 6.07) is 13.4. The zero-order valence-corrected chi connectivity index (χ0v) is 19.8. The van der Waals surface area contributed by atoms with Gasteiger partial charge in [0.1, 0.15) is 17.4 Å². The molecule has 0 aliphatic carbocycles. The van der Waals surface area contributed by atoms with Crippen LogP contribution < -0.4 is 4.74 Å². The fraction of sp³-hybridized carbons (Fsp3) is 0.321. The molecule has 0 N–H and O–H groups in total. The zero-order valence-electron chi connectivity index (χ0n) is 19.8. The Balaban J connectivity index is 1.81. The summed E-state index contributed by atoms with van der Waals surface area (Å²) < 4.78 is 39.2. The molecule has 0 unspecified atom stereocenters. The van der Waals surface area contributed by atoms with Gasteiger partial charge in [0.15, 0.2) is 6.61 Å². The van der Waals surface area contributed by atoms with Crippen LogP contribution in [-0.4, -0.2) is 18.7 Å². The summed E-state index contributed by atoms with van der Waals surface area (Å²) >= 11 is 0. The van der Waals surface area contributed by atoms with Crippen molar-refractivity contribution in [3.8, 4) is 16.9 Å². The topological polar surface area (TPSA) is 35.5 Å². The Labute approximate surface area is 194 Å². The molecule has 0 bridgehead atoms. The van der Waals surface area contributed by atoms with Crippen LogP contribution in [-0.2, 0) is 22.4 Å². The fourth-order valence-corrected chi connectivity index (χ4v) is 3.94.